The van der Waals surface area contributed by atoms with Crippen LogP contribution in [0.25, 0.3) is 0 Å². The van der Waals surface area contributed by atoms with E-state index in [1.165, 1.54) is 24.3 Å². The number of carbonyl (C=O) groups excluding carboxylic acids is 1. The number of nitrogens with zero attached hydrogens (tertiary/aromatic N) is 1. The van der Waals surface area contributed by atoms with Crippen LogP contribution in [-0.2, 0) is 16.4 Å². The van der Waals surface area contributed by atoms with Crippen LogP contribution in [0.3, 0.4) is 0 Å². The fraction of sp³-hybridized carbons (Fsp3) is 0.167. The third kappa shape index (κ3) is 6.41. The van der Waals surface area contributed by atoms with Crippen LogP contribution in [0.2, 0.25) is 0 Å². The van der Waals surface area contributed by atoms with Crippen molar-refractivity contribution in [3.05, 3.63) is 90.0 Å². The second-order valence-corrected chi connectivity index (χ2v) is 8.63. The molecule has 0 aromatic heterocycles. The number of rotatable bonds is 10. The summed E-state index contributed by atoms with van der Waals surface area (Å²) in [7, 11) is -3.73. The molecule has 164 valence electrons. The Bertz CT molecular complexity index is 1190. The number of benzene rings is 3. The van der Waals surface area contributed by atoms with Gasteiger partial charge in [0.2, 0.25) is 10.0 Å². The molecule has 0 atom stereocenters. The summed E-state index contributed by atoms with van der Waals surface area (Å²) in [6, 6.07) is 24.6. The zero-order valence-corrected chi connectivity index (χ0v) is 18.1. The number of ether oxygens (including phenoxy) is 1. The van der Waals surface area contributed by atoms with Crippen molar-refractivity contribution in [2.24, 2.45) is 0 Å². The van der Waals surface area contributed by atoms with E-state index in [1.54, 1.807) is 18.2 Å². The highest BCUT2D eigenvalue weighted by Gasteiger charge is 2.15. The minimum absolute atomic E-state index is 0.0247. The summed E-state index contributed by atoms with van der Waals surface area (Å²) in [5.41, 5.74) is 1.99. The van der Waals surface area contributed by atoms with Gasteiger partial charge in [-0.3, -0.25) is 4.79 Å². The van der Waals surface area contributed by atoms with Crippen molar-refractivity contribution in [3.8, 4) is 11.8 Å². The molecule has 0 unspecified atom stereocenters. The molecule has 0 radical (unpaired) electrons. The first-order valence-electron chi connectivity index (χ1n) is 10.0. The molecule has 0 saturated heterocycles. The Hall–Kier alpha value is -3.67. The first-order valence-corrected chi connectivity index (χ1v) is 11.5. The molecule has 2 N–H and O–H groups in total. The van der Waals surface area contributed by atoms with Crippen LogP contribution in [0.4, 0.5) is 5.69 Å². The number of para-hydroxylation sites is 2. The van der Waals surface area contributed by atoms with E-state index < -0.39 is 10.0 Å². The second-order valence-electron chi connectivity index (χ2n) is 6.86. The maximum absolute atomic E-state index is 12.7. The number of hydrogen-bond acceptors (Lipinski definition) is 5. The summed E-state index contributed by atoms with van der Waals surface area (Å²) >= 11 is 0. The average Bonchev–Trinajstić information content (AvgIpc) is 2.81. The van der Waals surface area contributed by atoms with Gasteiger partial charge in [-0.05, 0) is 42.0 Å². The van der Waals surface area contributed by atoms with E-state index in [-0.39, 0.29) is 23.8 Å². The van der Waals surface area contributed by atoms with Crippen molar-refractivity contribution in [1.29, 1.82) is 5.26 Å². The van der Waals surface area contributed by atoms with Crippen LogP contribution in [0, 0.1) is 11.3 Å². The van der Waals surface area contributed by atoms with Gasteiger partial charge in [-0.1, -0.05) is 42.5 Å². The zero-order chi connectivity index (χ0) is 22.8. The van der Waals surface area contributed by atoms with Gasteiger partial charge in [-0.2, -0.15) is 5.26 Å². The molecule has 32 heavy (non-hydrogen) atoms. The number of nitriles is 1. The van der Waals surface area contributed by atoms with Crippen LogP contribution in [-0.4, -0.2) is 27.5 Å². The number of nitrogens with one attached hydrogen (secondary N) is 2. The van der Waals surface area contributed by atoms with Crippen molar-refractivity contribution < 1.29 is 17.9 Å². The molecular weight excluding hydrogens is 426 g/mol. The van der Waals surface area contributed by atoms with Gasteiger partial charge in [0, 0.05) is 24.9 Å². The number of hydrogen-bond donors (Lipinski definition) is 2. The predicted octanol–water partition coefficient (Wildman–Crippen LogP) is 3.75. The van der Waals surface area contributed by atoms with Gasteiger partial charge in [0.1, 0.15) is 5.75 Å². The summed E-state index contributed by atoms with van der Waals surface area (Å²) in [5.74, 6) is 0.170. The van der Waals surface area contributed by atoms with E-state index in [0.717, 1.165) is 12.0 Å². The van der Waals surface area contributed by atoms with Gasteiger partial charge in [-0.25, -0.2) is 13.1 Å². The normalized spacial score (nSPS) is 10.8. The van der Waals surface area contributed by atoms with Crippen molar-refractivity contribution >= 4 is 21.6 Å². The smallest absolute Gasteiger partial charge is 0.255 e. The molecule has 0 saturated carbocycles. The molecule has 0 spiro atoms. The lowest BCUT2D eigenvalue weighted by Crippen LogP contribution is -2.24. The minimum Gasteiger partial charge on any atom is -0.491 e. The fourth-order valence-corrected chi connectivity index (χ4v) is 3.96. The quantitative estimate of drug-likeness (QED) is 0.458. The first-order chi connectivity index (χ1) is 15.5. The summed E-state index contributed by atoms with van der Waals surface area (Å²) in [4.78, 5) is 12.7. The molecule has 3 aromatic carbocycles. The molecular formula is C24H23N3O4S. The van der Waals surface area contributed by atoms with E-state index in [1.807, 2.05) is 42.5 Å². The molecule has 1 amide bonds. The van der Waals surface area contributed by atoms with Crippen LogP contribution in [0.15, 0.2) is 83.8 Å². The van der Waals surface area contributed by atoms with Crippen molar-refractivity contribution in [1.82, 2.24) is 4.72 Å². The van der Waals surface area contributed by atoms with E-state index in [0.29, 0.717) is 23.6 Å². The van der Waals surface area contributed by atoms with Gasteiger partial charge >= 0.3 is 0 Å². The molecule has 0 fully saturated rings. The Kier molecular flexibility index (Phi) is 7.97. The van der Waals surface area contributed by atoms with Crippen molar-refractivity contribution in [2.45, 2.75) is 17.7 Å². The summed E-state index contributed by atoms with van der Waals surface area (Å²) in [6.07, 6.45) is 0.813. The van der Waals surface area contributed by atoms with Gasteiger partial charge in [0.05, 0.1) is 23.3 Å². The third-order valence-electron chi connectivity index (χ3n) is 4.58. The van der Waals surface area contributed by atoms with E-state index >= 15 is 0 Å². The maximum atomic E-state index is 12.7. The summed E-state index contributed by atoms with van der Waals surface area (Å²) in [5, 5.41) is 11.3. The topological polar surface area (TPSA) is 108 Å². The van der Waals surface area contributed by atoms with Crippen molar-refractivity contribution in [2.75, 3.05) is 18.5 Å². The lowest BCUT2D eigenvalue weighted by Gasteiger charge is -2.13. The molecule has 3 rings (SSSR count). The summed E-state index contributed by atoms with van der Waals surface area (Å²) < 4.78 is 32.6. The maximum Gasteiger partial charge on any atom is 0.255 e. The molecule has 3 aromatic rings. The van der Waals surface area contributed by atoms with Crippen LogP contribution in [0.5, 0.6) is 5.75 Å². The number of sulfonamides is 1. The van der Waals surface area contributed by atoms with E-state index in [4.69, 9.17) is 10.00 Å². The first kappa shape index (κ1) is 23.0. The van der Waals surface area contributed by atoms with E-state index in [2.05, 4.69) is 10.0 Å². The Morgan fingerprint density at radius 1 is 0.938 bits per heavy atom. The van der Waals surface area contributed by atoms with Crippen LogP contribution >= 0.6 is 0 Å². The van der Waals surface area contributed by atoms with Gasteiger partial charge in [-0.15, -0.1) is 0 Å². The van der Waals surface area contributed by atoms with Gasteiger partial charge in [0.25, 0.3) is 5.91 Å². The van der Waals surface area contributed by atoms with Gasteiger partial charge in [0.15, 0.2) is 0 Å². The Morgan fingerprint density at radius 2 is 1.62 bits per heavy atom. The highest BCUT2D eigenvalue weighted by Crippen LogP contribution is 2.25. The zero-order valence-electron chi connectivity index (χ0n) is 17.3. The molecule has 0 aliphatic rings. The van der Waals surface area contributed by atoms with Crippen molar-refractivity contribution in [3.63, 3.8) is 0 Å². The number of anilines is 1. The highest BCUT2D eigenvalue weighted by molar-refractivity contribution is 7.89. The Balaban J connectivity index is 1.62. The van der Waals surface area contributed by atoms with Gasteiger partial charge < -0.3 is 10.1 Å². The monoisotopic (exact) mass is 449 g/mol. The fourth-order valence-electron chi connectivity index (χ4n) is 2.92. The average molecular weight is 450 g/mol. The second kappa shape index (κ2) is 11.1. The minimum atomic E-state index is -3.73. The van der Waals surface area contributed by atoms with Crippen LogP contribution in [0.1, 0.15) is 22.3 Å². The number of carbonyl (C=O) groups is 1. The largest absolute Gasteiger partial charge is 0.491 e. The molecule has 0 aliphatic heterocycles. The molecule has 8 heteroatoms. The molecule has 7 nitrogen and oxygen atoms in total. The Morgan fingerprint density at radius 3 is 2.34 bits per heavy atom. The lowest BCUT2D eigenvalue weighted by atomic mass is 10.2. The lowest BCUT2D eigenvalue weighted by molar-refractivity contribution is 0.102. The van der Waals surface area contributed by atoms with Crippen LogP contribution < -0.4 is 14.8 Å². The molecule has 0 heterocycles. The number of amides is 1. The predicted molar refractivity (Wildman–Crippen MR) is 122 cm³/mol. The summed E-state index contributed by atoms with van der Waals surface area (Å²) in [6.45, 7) is 0.490. The van der Waals surface area contributed by atoms with E-state index in [9.17, 15) is 13.2 Å². The third-order valence-corrected chi connectivity index (χ3v) is 6.06. The SMILES string of the molecule is N#CCCNS(=O)(=O)c1ccc(C(=O)Nc2ccccc2OCCc2ccccc2)cc1. The molecule has 0 aliphatic carbocycles. The highest BCUT2D eigenvalue weighted by atomic mass is 32.2. The Labute approximate surface area is 187 Å². The molecule has 0 bridgehead atoms. The standard InChI is InChI=1S/C24H23N3O4S/c25-16-6-17-26-32(29,30)21-13-11-20(12-14-21)24(28)27-22-9-4-5-10-23(22)31-18-15-19-7-2-1-3-8-19/h1-5,7-14,26H,6,15,17-18H2,(H,27,28).